The van der Waals surface area contributed by atoms with Crippen LogP contribution >= 0.6 is 0 Å². The van der Waals surface area contributed by atoms with Crippen molar-refractivity contribution in [3.8, 4) is 0 Å². The molecule has 1 aromatic carbocycles. The van der Waals surface area contributed by atoms with E-state index in [2.05, 4.69) is 56.1 Å². The number of nitrogens with zero attached hydrogens (tertiary/aromatic N) is 2. The van der Waals surface area contributed by atoms with Gasteiger partial charge in [0.05, 0.1) is 34.4 Å². The molecular formula is C16H26N3OSi+. The van der Waals surface area contributed by atoms with Crippen LogP contribution < -0.4 is 5.32 Å². The van der Waals surface area contributed by atoms with Crippen LogP contribution in [0.25, 0.3) is 0 Å². The van der Waals surface area contributed by atoms with Gasteiger partial charge in [0.15, 0.2) is 5.82 Å². The van der Waals surface area contributed by atoms with Crippen molar-refractivity contribution in [2.24, 2.45) is 0 Å². The molecule has 0 saturated carbocycles. The smallest absolute Gasteiger partial charge is 0.338 e. The van der Waals surface area contributed by atoms with Crippen LogP contribution in [0.5, 0.6) is 0 Å². The molecule has 1 aromatic rings. The van der Waals surface area contributed by atoms with E-state index in [-0.39, 0.29) is 10.5 Å². The number of carbonyl (C=O) groups excluding carboxylic acids is 1. The van der Waals surface area contributed by atoms with Gasteiger partial charge >= 0.3 is 5.91 Å². The third kappa shape index (κ3) is 2.76. The molecule has 0 saturated heterocycles. The molecule has 1 aliphatic rings. The average molecular weight is 304 g/mol. The number of aryl methyl sites for hydroxylation is 1. The normalized spacial score (nSPS) is 18.4. The Morgan fingerprint density at radius 3 is 2.10 bits per heavy atom. The molecule has 2 rings (SSSR count). The molecule has 114 valence electrons. The molecule has 1 amide bonds. The van der Waals surface area contributed by atoms with Crippen LogP contribution in [0.15, 0.2) is 35.3 Å². The van der Waals surface area contributed by atoms with Crippen molar-refractivity contribution >= 4 is 19.7 Å². The molecule has 0 unspecified atom stereocenters. The first-order valence-electron chi connectivity index (χ1n) is 7.26. The van der Waals surface area contributed by atoms with Crippen molar-refractivity contribution in [3.63, 3.8) is 0 Å². The van der Waals surface area contributed by atoms with Crippen molar-refractivity contribution in [3.05, 3.63) is 40.8 Å². The number of rotatable bonds is 3. The van der Waals surface area contributed by atoms with Crippen LogP contribution in [0.1, 0.15) is 5.56 Å². The molecule has 5 heteroatoms. The van der Waals surface area contributed by atoms with E-state index in [1.165, 1.54) is 5.56 Å². The number of hydrogen-bond acceptors (Lipinski definition) is 3. The monoisotopic (exact) mass is 304 g/mol. The highest BCUT2D eigenvalue weighted by atomic mass is 28.3. The van der Waals surface area contributed by atoms with Gasteiger partial charge in [-0.2, -0.15) is 4.59 Å². The predicted molar refractivity (Wildman–Crippen MR) is 90.1 cm³/mol. The summed E-state index contributed by atoms with van der Waals surface area (Å²) in [4.78, 5) is 12.8. The molecule has 1 aliphatic heterocycles. The summed E-state index contributed by atoms with van der Waals surface area (Å²) in [6, 6.07) is 8.27. The van der Waals surface area contributed by atoms with Crippen LogP contribution in [0.3, 0.4) is 0 Å². The molecule has 0 aliphatic carbocycles. The van der Waals surface area contributed by atoms with Crippen molar-refractivity contribution in [1.29, 1.82) is 0 Å². The third-order valence-corrected chi connectivity index (χ3v) is 6.04. The average Bonchev–Trinajstić information content (AvgIpc) is 2.53. The Kier molecular flexibility index (Phi) is 3.76. The van der Waals surface area contributed by atoms with Gasteiger partial charge in [-0.05, 0) is 19.1 Å². The van der Waals surface area contributed by atoms with Gasteiger partial charge in [-0.25, -0.2) is 9.80 Å². The zero-order valence-corrected chi connectivity index (χ0v) is 15.1. The molecule has 1 heterocycles. The largest absolute Gasteiger partial charge is 0.365 e. The second-order valence-corrected chi connectivity index (χ2v) is 12.2. The Morgan fingerprint density at radius 1 is 1.10 bits per heavy atom. The molecule has 1 N–H and O–H groups in total. The highest BCUT2D eigenvalue weighted by Crippen LogP contribution is 2.33. The van der Waals surface area contributed by atoms with Gasteiger partial charge in [-0.1, -0.05) is 37.3 Å². The van der Waals surface area contributed by atoms with Crippen molar-refractivity contribution < 1.29 is 9.39 Å². The van der Waals surface area contributed by atoms with Gasteiger partial charge in [0.25, 0.3) is 0 Å². The maximum absolute atomic E-state index is 12.8. The Labute approximate surface area is 128 Å². The van der Waals surface area contributed by atoms with Crippen LogP contribution in [0.2, 0.25) is 19.6 Å². The number of benzene rings is 1. The maximum atomic E-state index is 12.8. The lowest BCUT2D eigenvalue weighted by Gasteiger charge is -2.31. The lowest BCUT2D eigenvalue weighted by molar-refractivity contribution is -0.918. The Bertz CT molecular complexity index is 597. The van der Waals surface area contributed by atoms with E-state index in [0.717, 1.165) is 16.7 Å². The molecule has 0 atom stereocenters. The van der Waals surface area contributed by atoms with E-state index in [1.54, 1.807) is 0 Å². The fourth-order valence-corrected chi connectivity index (χ4v) is 4.37. The molecule has 0 radical (unpaired) electrons. The van der Waals surface area contributed by atoms with Gasteiger partial charge in [-0.3, -0.25) is 0 Å². The van der Waals surface area contributed by atoms with E-state index in [1.807, 2.05) is 26.2 Å². The second-order valence-electron chi connectivity index (χ2n) is 7.19. The molecule has 0 fully saturated rings. The topological polar surface area (TPSA) is 32.3 Å². The van der Waals surface area contributed by atoms with Gasteiger partial charge in [0, 0.05) is 5.69 Å². The molecule has 21 heavy (non-hydrogen) atoms. The van der Waals surface area contributed by atoms with Crippen molar-refractivity contribution in [1.82, 2.24) is 5.01 Å². The number of carbonyl (C=O) groups is 1. The van der Waals surface area contributed by atoms with Gasteiger partial charge in [0.2, 0.25) is 0 Å². The SMILES string of the molecule is Cc1ccc(NC2=C([Si](C)(C)C)C(=O)[N+](C)(C)N2C)cc1. The Balaban J connectivity index is 2.47. The fraction of sp³-hybridized carbons (Fsp3) is 0.438. The Hall–Kier alpha value is -1.59. The number of likely N-dealkylation sites (N-methyl/N-ethyl adjacent to an activating group) is 1. The van der Waals surface area contributed by atoms with E-state index < -0.39 is 8.07 Å². The number of amides is 1. The standard InChI is InChI=1S/C16H25N3OSi/c1-12-8-10-13(11-9-12)17-15-14(21(5,6)7)16(20)19(3,4)18(15)2/h8-11H,1-7H3/p+1. The lowest BCUT2D eigenvalue weighted by atomic mass is 10.2. The van der Waals surface area contributed by atoms with E-state index in [4.69, 9.17) is 0 Å². The minimum absolute atomic E-state index is 0.200. The van der Waals surface area contributed by atoms with E-state index in [9.17, 15) is 4.79 Å². The molecule has 0 bridgehead atoms. The fourth-order valence-electron chi connectivity index (χ4n) is 2.52. The molecule has 4 nitrogen and oxygen atoms in total. The first kappa shape index (κ1) is 15.8. The molecule has 0 aromatic heterocycles. The minimum Gasteiger partial charge on any atom is -0.338 e. The quantitative estimate of drug-likeness (QED) is 0.688. The Morgan fingerprint density at radius 2 is 1.62 bits per heavy atom. The zero-order chi connectivity index (χ0) is 16.0. The summed E-state index contributed by atoms with van der Waals surface area (Å²) in [7, 11) is 4.11. The number of nitrogens with one attached hydrogen (secondary N) is 1. The highest BCUT2D eigenvalue weighted by molar-refractivity contribution is 6.87. The van der Waals surface area contributed by atoms with Crippen LogP contribution in [-0.2, 0) is 4.79 Å². The van der Waals surface area contributed by atoms with Crippen LogP contribution in [0, 0.1) is 6.92 Å². The van der Waals surface area contributed by atoms with E-state index >= 15 is 0 Å². The van der Waals surface area contributed by atoms with Crippen molar-refractivity contribution in [2.45, 2.75) is 26.6 Å². The van der Waals surface area contributed by atoms with E-state index in [0.29, 0.717) is 0 Å². The van der Waals surface area contributed by atoms with Crippen molar-refractivity contribution in [2.75, 3.05) is 26.5 Å². The first-order valence-corrected chi connectivity index (χ1v) is 10.8. The van der Waals surface area contributed by atoms with Crippen LogP contribution in [0.4, 0.5) is 5.69 Å². The minimum atomic E-state index is -1.74. The first-order chi connectivity index (χ1) is 9.55. The number of hydrogen-bond donors (Lipinski definition) is 1. The summed E-state index contributed by atoms with van der Waals surface area (Å²) in [5.74, 6) is 1.15. The molecular weight excluding hydrogens is 278 g/mol. The van der Waals surface area contributed by atoms with Gasteiger partial charge < -0.3 is 5.32 Å². The molecule has 0 spiro atoms. The number of quaternary nitrogens is 1. The summed E-state index contributed by atoms with van der Waals surface area (Å²) >= 11 is 0. The summed E-state index contributed by atoms with van der Waals surface area (Å²) < 4.78 is 0.244. The maximum Gasteiger partial charge on any atom is 0.365 e. The summed E-state index contributed by atoms with van der Waals surface area (Å²) in [5.41, 5.74) is 2.25. The van der Waals surface area contributed by atoms with Crippen LogP contribution in [-0.4, -0.2) is 44.7 Å². The number of anilines is 1. The van der Waals surface area contributed by atoms with Gasteiger partial charge in [0.1, 0.15) is 0 Å². The van der Waals surface area contributed by atoms with Gasteiger partial charge in [-0.15, -0.1) is 0 Å². The zero-order valence-electron chi connectivity index (χ0n) is 14.1. The lowest BCUT2D eigenvalue weighted by Crippen LogP contribution is -2.52. The summed E-state index contributed by atoms with van der Waals surface area (Å²) in [5, 5.41) is 6.47. The second kappa shape index (κ2) is 5.00. The summed E-state index contributed by atoms with van der Waals surface area (Å²) in [6.07, 6.45) is 0. The third-order valence-electron chi connectivity index (χ3n) is 4.09. The summed E-state index contributed by atoms with van der Waals surface area (Å²) in [6.45, 7) is 8.73. The highest BCUT2D eigenvalue weighted by Gasteiger charge is 2.50. The predicted octanol–water partition coefficient (Wildman–Crippen LogP) is 2.96.